The molecule has 0 radical (unpaired) electrons. The first-order chi connectivity index (χ1) is 12.7. The highest BCUT2D eigenvalue weighted by Crippen LogP contribution is 2.27. The minimum Gasteiger partial charge on any atom is -0.381 e. The van der Waals surface area contributed by atoms with Crippen LogP contribution in [0.25, 0.3) is 0 Å². The zero-order valence-electron chi connectivity index (χ0n) is 15.1. The van der Waals surface area contributed by atoms with E-state index < -0.39 is 0 Å². The molecule has 0 aliphatic carbocycles. The molecule has 1 fully saturated rings. The van der Waals surface area contributed by atoms with Crippen LogP contribution in [0.1, 0.15) is 30.3 Å². The van der Waals surface area contributed by atoms with Crippen LogP contribution in [0.15, 0.2) is 36.9 Å². The van der Waals surface area contributed by atoms with Gasteiger partial charge >= 0.3 is 0 Å². The molecule has 0 N–H and O–H groups in total. The maximum atomic E-state index is 13.2. The van der Waals surface area contributed by atoms with Crippen molar-refractivity contribution < 1.29 is 9.53 Å². The number of carbonyl (C=O) groups is 1. The van der Waals surface area contributed by atoms with E-state index in [1.807, 2.05) is 36.0 Å². The van der Waals surface area contributed by atoms with Gasteiger partial charge in [-0.25, -0.2) is 4.98 Å². The second-order valence-corrected chi connectivity index (χ2v) is 7.10. The van der Waals surface area contributed by atoms with Gasteiger partial charge in [-0.05, 0) is 25.0 Å². The summed E-state index contributed by atoms with van der Waals surface area (Å²) in [6, 6.07) is 6.02. The van der Waals surface area contributed by atoms with Crippen molar-refractivity contribution in [2.75, 3.05) is 26.8 Å². The number of hydrogen-bond acceptors (Lipinski definition) is 5. The van der Waals surface area contributed by atoms with E-state index in [1.165, 1.54) is 0 Å². The number of amides is 1. The molecule has 0 bridgehead atoms. The van der Waals surface area contributed by atoms with Gasteiger partial charge in [0.05, 0.1) is 24.3 Å². The number of ether oxygens (including phenoxy) is 1. The number of likely N-dealkylation sites (N-methyl/N-ethyl adjacent to an activating group) is 1. The Morgan fingerprint density at radius 2 is 2.19 bits per heavy atom. The van der Waals surface area contributed by atoms with Crippen molar-refractivity contribution in [2.45, 2.75) is 38.0 Å². The highest BCUT2D eigenvalue weighted by molar-refractivity contribution is 5.80. The number of imidazole rings is 1. The lowest BCUT2D eigenvalue weighted by Crippen LogP contribution is -2.49. The lowest BCUT2D eigenvalue weighted by atomic mass is 10.0. The summed E-state index contributed by atoms with van der Waals surface area (Å²) >= 11 is 0. The fraction of sp³-hybridized carbons (Fsp3) is 0.526. The van der Waals surface area contributed by atoms with Crippen molar-refractivity contribution >= 4 is 5.91 Å². The van der Waals surface area contributed by atoms with Crippen LogP contribution >= 0.6 is 0 Å². The van der Waals surface area contributed by atoms with Crippen molar-refractivity contribution in [1.29, 1.82) is 0 Å². The second-order valence-electron chi connectivity index (χ2n) is 7.10. The first-order valence-electron chi connectivity index (χ1n) is 9.20. The Morgan fingerprint density at radius 3 is 2.96 bits per heavy atom. The Labute approximate surface area is 153 Å². The van der Waals surface area contributed by atoms with Crippen molar-refractivity contribution in [3.05, 3.63) is 48.3 Å². The molecule has 1 amide bonds. The largest absolute Gasteiger partial charge is 0.381 e. The Bertz CT molecular complexity index is 741. The first kappa shape index (κ1) is 17.2. The highest BCUT2D eigenvalue weighted by Gasteiger charge is 2.35. The van der Waals surface area contributed by atoms with Gasteiger partial charge in [0.25, 0.3) is 0 Å². The summed E-state index contributed by atoms with van der Waals surface area (Å²) in [5.74, 6) is 0.103. The molecular weight excluding hydrogens is 330 g/mol. The van der Waals surface area contributed by atoms with Crippen LogP contribution in [0.3, 0.4) is 0 Å². The van der Waals surface area contributed by atoms with E-state index in [0.29, 0.717) is 12.6 Å². The molecule has 0 aromatic carbocycles. The molecule has 138 valence electrons. The number of pyridine rings is 1. The number of nitrogens with zero attached hydrogens (tertiary/aromatic N) is 5. The van der Waals surface area contributed by atoms with Crippen LogP contribution in [-0.4, -0.2) is 63.1 Å². The number of carbonyl (C=O) groups excluding carboxylic acids is 1. The smallest absolute Gasteiger partial charge is 0.247 e. The topological polar surface area (TPSA) is 63.5 Å². The summed E-state index contributed by atoms with van der Waals surface area (Å²) in [6.07, 6.45) is 7.48. The molecule has 2 aliphatic rings. The van der Waals surface area contributed by atoms with Gasteiger partial charge in [-0.2, -0.15) is 0 Å². The third-order valence-corrected chi connectivity index (χ3v) is 5.35. The van der Waals surface area contributed by atoms with Gasteiger partial charge in [-0.1, -0.05) is 6.07 Å². The molecule has 4 rings (SSSR count). The molecule has 7 nitrogen and oxygen atoms in total. The normalized spacial score (nSPS) is 21.3. The average molecular weight is 355 g/mol. The predicted octanol–water partition coefficient (Wildman–Crippen LogP) is 1.47. The number of rotatable bonds is 4. The zero-order chi connectivity index (χ0) is 17.9. The molecule has 7 heteroatoms. The molecule has 2 aromatic heterocycles. The predicted molar refractivity (Wildman–Crippen MR) is 96.2 cm³/mol. The monoisotopic (exact) mass is 355 g/mol. The van der Waals surface area contributed by atoms with Gasteiger partial charge in [0.2, 0.25) is 5.91 Å². The number of aromatic nitrogens is 3. The Hall–Kier alpha value is -2.25. The maximum Gasteiger partial charge on any atom is 0.247 e. The fourth-order valence-corrected chi connectivity index (χ4v) is 3.91. The van der Waals surface area contributed by atoms with Crippen LogP contribution in [0, 0.1) is 0 Å². The highest BCUT2D eigenvalue weighted by atomic mass is 16.5. The molecule has 26 heavy (non-hydrogen) atoms. The van der Waals surface area contributed by atoms with Gasteiger partial charge in [-0.3, -0.25) is 14.7 Å². The molecule has 1 saturated heterocycles. The van der Waals surface area contributed by atoms with E-state index in [2.05, 4.69) is 14.9 Å². The summed E-state index contributed by atoms with van der Waals surface area (Å²) in [4.78, 5) is 26.0. The van der Waals surface area contributed by atoms with E-state index in [-0.39, 0.29) is 11.9 Å². The molecular formula is C19H25N5O2. The summed E-state index contributed by atoms with van der Waals surface area (Å²) in [6.45, 7) is 3.69. The quantitative estimate of drug-likeness (QED) is 0.831. The fourth-order valence-electron chi connectivity index (χ4n) is 3.91. The molecule has 0 unspecified atom stereocenters. The summed E-state index contributed by atoms with van der Waals surface area (Å²) in [5.41, 5.74) is 2.00. The molecule has 4 heterocycles. The van der Waals surface area contributed by atoms with Crippen LogP contribution in [0.2, 0.25) is 0 Å². The molecule has 1 atom stereocenters. The molecule has 0 spiro atoms. The van der Waals surface area contributed by atoms with E-state index in [4.69, 9.17) is 4.74 Å². The summed E-state index contributed by atoms with van der Waals surface area (Å²) in [7, 11) is 1.85. The number of hydrogen-bond donors (Lipinski definition) is 0. The molecule has 2 aromatic rings. The summed E-state index contributed by atoms with van der Waals surface area (Å²) in [5, 5.41) is 0. The first-order valence-corrected chi connectivity index (χ1v) is 9.20. The van der Waals surface area contributed by atoms with E-state index >= 15 is 0 Å². The van der Waals surface area contributed by atoms with E-state index in [0.717, 1.165) is 50.5 Å². The van der Waals surface area contributed by atoms with E-state index in [9.17, 15) is 4.79 Å². The lowest BCUT2D eigenvalue weighted by molar-refractivity contribution is -0.136. The second kappa shape index (κ2) is 7.55. The Morgan fingerprint density at radius 1 is 1.35 bits per heavy atom. The minimum atomic E-state index is -0.238. The van der Waals surface area contributed by atoms with Crippen LogP contribution < -0.4 is 0 Å². The van der Waals surface area contributed by atoms with Crippen LogP contribution in [0.5, 0.6) is 0 Å². The third-order valence-electron chi connectivity index (χ3n) is 5.35. The van der Waals surface area contributed by atoms with Crippen LogP contribution in [-0.2, 0) is 22.6 Å². The van der Waals surface area contributed by atoms with Crippen LogP contribution in [0.4, 0.5) is 0 Å². The minimum absolute atomic E-state index is 0.103. The third kappa shape index (κ3) is 3.50. The van der Waals surface area contributed by atoms with Crippen molar-refractivity contribution in [1.82, 2.24) is 24.3 Å². The SMILES string of the molecule is CN(Cc1ccccn1)C(=O)[C@@H]1CN(C2CCOCC2)Cc2cncn21. The molecule has 0 saturated carbocycles. The van der Waals surface area contributed by atoms with Crippen molar-refractivity contribution in [3.8, 4) is 0 Å². The zero-order valence-corrected chi connectivity index (χ0v) is 15.1. The van der Waals surface area contributed by atoms with E-state index in [1.54, 1.807) is 17.4 Å². The van der Waals surface area contributed by atoms with Gasteiger partial charge in [0, 0.05) is 51.8 Å². The standard InChI is InChI=1S/C19H25N5O2/c1-22(11-15-4-2-3-7-21-15)19(25)18-13-23(16-5-8-26-9-6-16)12-17-10-20-14-24(17)18/h2-4,7,10,14,16,18H,5-6,8-9,11-13H2,1H3/t18-/m0/s1. The average Bonchev–Trinajstić information content (AvgIpc) is 3.17. The van der Waals surface area contributed by atoms with Gasteiger partial charge < -0.3 is 14.2 Å². The van der Waals surface area contributed by atoms with Crippen molar-refractivity contribution in [2.24, 2.45) is 0 Å². The van der Waals surface area contributed by atoms with Crippen molar-refractivity contribution in [3.63, 3.8) is 0 Å². The Balaban J connectivity index is 1.51. The molecule has 2 aliphatic heterocycles. The Kier molecular flexibility index (Phi) is 4.99. The number of fused-ring (bicyclic) bond motifs is 1. The lowest BCUT2D eigenvalue weighted by Gasteiger charge is -2.40. The van der Waals surface area contributed by atoms with Gasteiger partial charge in [0.1, 0.15) is 6.04 Å². The maximum absolute atomic E-state index is 13.2. The van der Waals surface area contributed by atoms with Gasteiger partial charge in [-0.15, -0.1) is 0 Å². The van der Waals surface area contributed by atoms with Gasteiger partial charge in [0.15, 0.2) is 0 Å². The summed E-state index contributed by atoms with van der Waals surface area (Å²) < 4.78 is 7.53.